The lowest BCUT2D eigenvalue weighted by molar-refractivity contribution is 0.615. The highest BCUT2D eigenvalue weighted by Crippen LogP contribution is 2.21. The van der Waals surface area contributed by atoms with E-state index in [0.29, 0.717) is 0 Å². The second kappa shape index (κ2) is 4.73. The molecule has 0 saturated carbocycles. The van der Waals surface area contributed by atoms with Crippen molar-refractivity contribution in [2.45, 2.75) is 0 Å². The molecule has 2 nitrogen and oxygen atoms in total. The lowest BCUT2D eigenvalue weighted by Gasteiger charge is -2.03. The molecule has 0 bridgehead atoms. The van der Waals surface area contributed by atoms with Crippen LogP contribution in [0.4, 0.5) is 0 Å². The molecule has 0 aliphatic carbocycles. The fourth-order valence-electron chi connectivity index (χ4n) is 2.23. The van der Waals surface area contributed by atoms with Crippen molar-refractivity contribution in [3.8, 4) is 11.3 Å². The maximum Gasteiger partial charge on any atom is 0.214 e. The van der Waals surface area contributed by atoms with E-state index in [4.69, 9.17) is 4.42 Å². The third kappa shape index (κ3) is 2.17. The van der Waals surface area contributed by atoms with Gasteiger partial charge >= 0.3 is 0 Å². The Morgan fingerprint density at radius 1 is 0.842 bits per heavy atom. The van der Waals surface area contributed by atoms with E-state index in [1.807, 2.05) is 36.4 Å². The molecule has 0 N–H and O–H groups in total. The van der Waals surface area contributed by atoms with Crippen LogP contribution in [0.15, 0.2) is 65.1 Å². The second-order valence-electron chi connectivity index (χ2n) is 4.75. The first kappa shape index (κ1) is 11.7. The number of nitrogens with zero attached hydrogens (tertiary/aromatic N) is 1. The van der Waals surface area contributed by atoms with Gasteiger partial charge in [-0.15, -0.1) is 0 Å². The molecule has 2 heteroatoms. The highest BCUT2D eigenvalue weighted by atomic mass is 16.3. The predicted octanol–water partition coefficient (Wildman–Crippen LogP) is 3.13. The molecule has 0 aliphatic heterocycles. The molecule has 0 fully saturated rings. The summed E-state index contributed by atoms with van der Waals surface area (Å²) < 4.78 is 8.13. The zero-order valence-electron chi connectivity index (χ0n) is 11.1. The van der Waals surface area contributed by atoms with Crippen LogP contribution in [0.3, 0.4) is 0 Å². The number of hydrogen-bond acceptors (Lipinski definition) is 1. The molecule has 0 atom stereocenters. The Bertz CT molecular complexity index is 781. The van der Waals surface area contributed by atoms with Crippen molar-refractivity contribution in [1.82, 2.24) is 4.58 Å². The van der Waals surface area contributed by atoms with Crippen molar-refractivity contribution < 1.29 is 4.42 Å². The monoisotopic (exact) mass is 250 g/mol. The summed E-state index contributed by atoms with van der Waals surface area (Å²) in [6.45, 7) is 0. The molecular formula is C17H16NO+. The zero-order chi connectivity index (χ0) is 13.2. The molecule has 0 aliphatic rings. The lowest BCUT2D eigenvalue weighted by Crippen LogP contribution is -2.22. The van der Waals surface area contributed by atoms with Crippen LogP contribution in [0, 0.1) is 0 Å². The molecule has 3 aromatic rings. The van der Waals surface area contributed by atoms with E-state index in [2.05, 4.69) is 42.9 Å². The second-order valence-corrected chi connectivity index (χ2v) is 4.75. The third-order valence-electron chi connectivity index (χ3n) is 3.19. The third-order valence-corrected chi connectivity index (χ3v) is 3.19. The lowest BCUT2D eigenvalue weighted by atomic mass is 10.1. The molecule has 94 valence electrons. The van der Waals surface area contributed by atoms with Crippen LogP contribution in [0.5, 0.6) is 0 Å². The summed E-state index contributed by atoms with van der Waals surface area (Å²) in [4.78, 5) is 0. The summed E-state index contributed by atoms with van der Waals surface area (Å²) in [7, 11) is 4.10. The van der Waals surface area contributed by atoms with Gasteiger partial charge in [-0.05, 0) is 12.1 Å². The normalized spacial score (nSPS) is 10.6. The summed E-state index contributed by atoms with van der Waals surface area (Å²) in [5.41, 5.74) is 2.00. The Balaban J connectivity index is 2.39. The van der Waals surface area contributed by atoms with Crippen molar-refractivity contribution in [3.05, 3.63) is 66.0 Å². The van der Waals surface area contributed by atoms with Crippen LogP contribution >= 0.6 is 0 Å². The Morgan fingerprint density at radius 3 is 2.26 bits per heavy atom. The van der Waals surface area contributed by atoms with Gasteiger partial charge < -0.3 is 4.42 Å². The van der Waals surface area contributed by atoms with E-state index in [-0.39, 0.29) is 0 Å². The van der Waals surface area contributed by atoms with Crippen LogP contribution in [0.2, 0.25) is 0 Å². The number of benzene rings is 2. The van der Waals surface area contributed by atoms with Crippen molar-refractivity contribution in [1.29, 1.82) is 0 Å². The zero-order valence-corrected chi connectivity index (χ0v) is 11.1. The Kier molecular flexibility index (Phi) is 2.92. The largest absolute Gasteiger partial charge is 0.456 e. The molecule has 0 radical (unpaired) electrons. The Morgan fingerprint density at radius 2 is 1.53 bits per heavy atom. The molecule has 2 aromatic carbocycles. The van der Waals surface area contributed by atoms with Gasteiger partial charge in [-0.2, -0.15) is 0 Å². The standard InChI is InChI=1S/C17H16NO/c1-18(2)15-12-17(13-8-4-3-5-9-13)19-16-11-7-6-10-14(15)16/h3-12H,1-2H3/q+1. The Labute approximate surface area is 112 Å². The topological polar surface area (TPSA) is 16.1 Å². The van der Waals surface area contributed by atoms with Crippen LogP contribution in [-0.2, 0) is 0 Å². The van der Waals surface area contributed by atoms with Crippen molar-refractivity contribution in [2.24, 2.45) is 0 Å². The van der Waals surface area contributed by atoms with E-state index in [1.165, 1.54) is 5.36 Å². The van der Waals surface area contributed by atoms with Crippen LogP contribution in [0.1, 0.15) is 0 Å². The summed E-state index contributed by atoms with van der Waals surface area (Å²) in [5, 5.41) is 2.30. The maximum absolute atomic E-state index is 6.01. The van der Waals surface area contributed by atoms with Crippen molar-refractivity contribution in [3.63, 3.8) is 0 Å². The smallest absolute Gasteiger partial charge is 0.214 e. The summed E-state index contributed by atoms with van der Waals surface area (Å²) in [5.74, 6) is 0.892. The van der Waals surface area contributed by atoms with E-state index >= 15 is 0 Å². The first-order valence-corrected chi connectivity index (χ1v) is 6.34. The predicted molar refractivity (Wildman–Crippen MR) is 78.8 cm³/mol. The molecule has 1 aromatic heterocycles. The molecule has 0 spiro atoms. The number of para-hydroxylation sites is 1. The molecule has 19 heavy (non-hydrogen) atoms. The van der Waals surface area contributed by atoms with E-state index in [1.54, 1.807) is 0 Å². The van der Waals surface area contributed by atoms with Gasteiger partial charge in [0.2, 0.25) is 5.36 Å². The fraction of sp³-hybridized carbons (Fsp3) is 0.118. The van der Waals surface area contributed by atoms with Gasteiger partial charge in [-0.1, -0.05) is 42.5 Å². The quantitative estimate of drug-likeness (QED) is 0.606. The van der Waals surface area contributed by atoms with Crippen LogP contribution in [0.25, 0.3) is 22.3 Å². The summed E-state index contributed by atoms with van der Waals surface area (Å²) in [6, 6.07) is 20.4. The van der Waals surface area contributed by atoms with Gasteiger partial charge in [0.15, 0.2) is 0 Å². The van der Waals surface area contributed by atoms with Gasteiger partial charge in [-0.25, -0.2) is 4.58 Å². The first-order chi connectivity index (χ1) is 9.25. The average molecular weight is 250 g/mol. The Hall–Kier alpha value is -2.35. The first-order valence-electron chi connectivity index (χ1n) is 6.34. The molecule has 0 saturated heterocycles. The number of hydrogen-bond donors (Lipinski definition) is 0. The minimum Gasteiger partial charge on any atom is -0.456 e. The molecule has 1 heterocycles. The molecule has 0 unspecified atom stereocenters. The van der Waals surface area contributed by atoms with E-state index in [0.717, 1.165) is 22.3 Å². The molecule has 3 rings (SSSR count). The SMILES string of the molecule is C[N+](C)=c1cc(-c2ccccc2)oc2ccccc12. The van der Waals surface area contributed by atoms with Gasteiger partial charge in [0.25, 0.3) is 0 Å². The van der Waals surface area contributed by atoms with Gasteiger partial charge in [-0.3, -0.25) is 0 Å². The van der Waals surface area contributed by atoms with Crippen LogP contribution < -0.4 is 9.93 Å². The minimum absolute atomic E-state index is 0.892. The van der Waals surface area contributed by atoms with E-state index < -0.39 is 0 Å². The fourth-order valence-corrected chi connectivity index (χ4v) is 2.23. The van der Waals surface area contributed by atoms with Crippen molar-refractivity contribution >= 4 is 11.0 Å². The number of rotatable bonds is 1. The van der Waals surface area contributed by atoms with Gasteiger partial charge in [0.1, 0.15) is 25.4 Å². The maximum atomic E-state index is 6.01. The van der Waals surface area contributed by atoms with Gasteiger partial charge in [0, 0.05) is 5.56 Å². The van der Waals surface area contributed by atoms with Gasteiger partial charge in [0.05, 0.1) is 11.5 Å². The van der Waals surface area contributed by atoms with Crippen LogP contribution in [-0.4, -0.2) is 14.1 Å². The van der Waals surface area contributed by atoms with Crippen molar-refractivity contribution in [2.75, 3.05) is 14.1 Å². The highest BCUT2D eigenvalue weighted by molar-refractivity contribution is 5.78. The summed E-state index contributed by atoms with van der Waals surface area (Å²) in [6.07, 6.45) is 0. The number of fused-ring (bicyclic) bond motifs is 1. The highest BCUT2D eigenvalue weighted by Gasteiger charge is 2.08. The molecular weight excluding hydrogens is 234 g/mol. The molecule has 0 amide bonds. The summed E-state index contributed by atoms with van der Waals surface area (Å²) >= 11 is 0. The average Bonchev–Trinajstić information content (AvgIpc) is 2.47. The minimum atomic E-state index is 0.892. The van der Waals surface area contributed by atoms with E-state index in [9.17, 15) is 0 Å².